The summed E-state index contributed by atoms with van der Waals surface area (Å²) in [5, 5.41) is 0.851. The Bertz CT molecular complexity index is 418. The lowest BCUT2D eigenvalue weighted by atomic mass is 10.2. The molecule has 0 aliphatic rings. The Morgan fingerprint density at radius 2 is 2.11 bits per heavy atom. The van der Waals surface area contributed by atoms with E-state index in [2.05, 4.69) is 23.7 Å². The minimum Gasteiger partial charge on any atom is -0.464 e. The van der Waals surface area contributed by atoms with Crippen molar-refractivity contribution < 1.29 is 14.3 Å². The fraction of sp³-hybridized carbons (Fsp3) is 0.692. The molecule has 0 aliphatic heterocycles. The van der Waals surface area contributed by atoms with E-state index in [1.807, 2.05) is 6.92 Å². The second-order valence-corrected chi connectivity index (χ2v) is 5.91. The van der Waals surface area contributed by atoms with Gasteiger partial charge in [0, 0.05) is 25.1 Å². The number of anilines is 1. The van der Waals surface area contributed by atoms with Crippen LogP contribution in [0.4, 0.5) is 5.13 Å². The van der Waals surface area contributed by atoms with Gasteiger partial charge in [-0.25, -0.2) is 9.78 Å². The predicted octanol–water partition coefficient (Wildman–Crippen LogP) is 2.35. The number of nitrogens with zero attached hydrogens (tertiary/aromatic N) is 2. The fourth-order valence-corrected chi connectivity index (χ4v) is 2.64. The molecular weight excluding hydrogens is 264 g/mol. The van der Waals surface area contributed by atoms with E-state index in [1.165, 1.54) is 18.4 Å². The predicted molar refractivity (Wildman–Crippen MR) is 77.1 cm³/mol. The van der Waals surface area contributed by atoms with Gasteiger partial charge in [0.1, 0.15) is 0 Å². The molecule has 0 amide bonds. The van der Waals surface area contributed by atoms with Crippen LogP contribution < -0.4 is 4.90 Å². The van der Waals surface area contributed by atoms with E-state index in [1.54, 1.807) is 7.11 Å². The van der Waals surface area contributed by atoms with Crippen LogP contribution in [0.3, 0.4) is 0 Å². The number of aryl methyl sites for hydroxylation is 1. The number of carbonyl (C=O) groups is 1. The van der Waals surface area contributed by atoms with Crippen molar-refractivity contribution in [2.75, 3.05) is 38.8 Å². The zero-order valence-electron chi connectivity index (χ0n) is 12.2. The molecule has 0 aromatic carbocycles. The Morgan fingerprint density at radius 1 is 1.42 bits per heavy atom. The average molecular weight is 286 g/mol. The Balaban J connectivity index is 2.92. The second kappa shape index (κ2) is 7.45. The van der Waals surface area contributed by atoms with E-state index >= 15 is 0 Å². The quantitative estimate of drug-likeness (QED) is 0.720. The van der Waals surface area contributed by atoms with Crippen molar-refractivity contribution in [2.45, 2.75) is 20.8 Å². The zero-order valence-corrected chi connectivity index (χ0v) is 13.0. The van der Waals surface area contributed by atoms with Gasteiger partial charge in [0.2, 0.25) is 0 Å². The molecule has 108 valence electrons. The van der Waals surface area contributed by atoms with E-state index in [-0.39, 0.29) is 5.97 Å². The molecular formula is C13H22N2O3S. The maximum absolute atomic E-state index is 11.6. The van der Waals surface area contributed by atoms with E-state index in [4.69, 9.17) is 9.47 Å². The molecule has 0 spiro atoms. The summed E-state index contributed by atoms with van der Waals surface area (Å²) in [4.78, 5) is 19.0. The van der Waals surface area contributed by atoms with Gasteiger partial charge in [0.05, 0.1) is 13.7 Å². The number of aromatic nitrogens is 1. The standard InChI is InChI=1S/C13H22N2O3S/c1-9(2)8-15(6-7-17-4)13-14-11(10(3)19-13)12(16)18-5/h9H,6-8H2,1-5H3. The first kappa shape index (κ1) is 15.9. The van der Waals surface area contributed by atoms with Crippen LogP contribution in [0.2, 0.25) is 0 Å². The number of methoxy groups -OCH3 is 2. The van der Waals surface area contributed by atoms with Crippen LogP contribution in [0.25, 0.3) is 0 Å². The van der Waals surface area contributed by atoms with Crippen molar-refractivity contribution in [3.05, 3.63) is 10.6 Å². The van der Waals surface area contributed by atoms with Crippen molar-refractivity contribution >= 4 is 22.4 Å². The molecule has 0 bridgehead atoms. The molecule has 1 aromatic rings. The number of thiazole rings is 1. The smallest absolute Gasteiger partial charge is 0.357 e. The van der Waals surface area contributed by atoms with E-state index in [0.29, 0.717) is 18.2 Å². The maximum Gasteiger partial charge on any atom is 0.357 e. The monoisotopic (exact) mass is 286 g/mol. The maximum atomic E-state index is 11.6. The minimum absolute atomic E-state index is 0.378. The molecule has 0 unspecified atom stereocenters. The summed E-state index contributed by atoms with van der Waals surface area (Å²) in [6.45, 7) is 8.48. The normalized spacial score (nSPS) is 10.8. The van der Waals surface area contributed by atoms with Crippen molar-refractivity contribution in [1.82, 2.24) is 4.98 Å². The van der Waals surface area contributed by atoms with Gasteiger partial charge in [-0.2, -0.15) is 0 Å². The van der Waals surface area contributed by atoms with Crippen LogP contribution in [0.1, 0.15) is 29.2 Å². The van der Waals surface area contributed by atoms with Crippen LogP contribution >= 0.6 is 11.3 Å². The van der Waals surface area contributed by atoms with Gasteiger partial charge in [0.25, 0.3) is 0 Å². The number of esters is 1. The van der Waals surface area contributed by atoms with Crippen LogP contribution in [-0.2, 0) is 9.47 Å². The van der Waals surface area contributed by atoms with E-state index in [0.717, 1.165) is 23.1 Å². The first-order valence-corrected chi connectivity index (χ1v) is 7.10. The van der Waals surface area contributed by atoms with Crippen LogP contribution in [0, 0.1) is 12.8 Å². The van der Waals surface area contributed by atoms with Crippen LogP contribution in [-0.4, -0.2) is 44.9 Å². The van der Waals surface area contributed by atoms with Gasteiger partial charge < -0.3 is 14.4 Å². The fourth-order valence-electron chi connectivity index (χ4n) is 1.71. The third-order valence-corrected chi connectivity index (χ3v) is 3.62. The molecule has 1 aromatic heterocycles. The number of ether oxygens (including phenoxy) is 2. The zero-order chi connectivity index (χ0) is 14.4. The largest absolute Gasteiger partial charge is 0.464 e. The topological polar surface area (TPSA) is 51.7 Å². The highest BCUT2D eigenvalue weighted by molar-refractivity contribution is 7.15. The number of hydrogen-bond acceptors (Lipinski definition) is 6. The Labute approximate surface area is 118 Å². The summed E-state index contributed by atoms with van der Waals surface area (Å²) in [6, 6.07) is 0. The third kappa shape index (κ3) is 4.47. The van der Waals surface area contributed by atoms with Crippen molar-refractivity contribution in [3.63, 3.8) is 0 Å². The number of carbonyl (C=O) groups excluding carboxylic acids is 1. The van der Waals surface area contributed by atoms with Crippen LogP contribution in [0.15, 0.2) is 0 Å². The summed E-state index contributed by atoms with van der Waals surface area (Å²) in [7, 11) is 3.05. The van der Waals surface area contributed by atoms with Gasteiger partial charge in [-0.1, -0.05) is 13.8 Å². The van der Waals surface area contributed by atoms with Gasteiger partial charge in [0.15, 0.2) is 10.8 Å². The highest BCUT2D eigenvalue weighted by atomic mass is 32.1. The summed E-state index contributed by atoms with van der Waals surface area (Å²) in [5.74, 6) is 0.138. The van der Waals surface area contributed by atoms with Crippen molar-refractivity contribution in [1.29, 1.82) is 0 Å². The summed E-state index contributed by atoms with van der Waals surface area (Å²) in [6.07, 6.45) is 0. The highest BCUT2D eigenvalue weighted by Gasteiger charge is 2.19. The van der Waals surface area contributed by atoms with Crippen LogP contribution in [0.5, 0.6) is 0 Å². The molecule has 6 heteroatoms. The summed E-state index contributed by atoms with van der Waals surface area (Å²) >= 11 is 1.52. The lowest BCUT2D eigenvalue weighted by Gasteiger charge is -2.23. The van der Waals surface area contributed by atoms with Gasteiger partial charge in [-0.15, -0.1) is 11.3 Å². The molecule has 0 saturated heterocycles. The summed E-state index contributed by atoms with van der Waals surface area (Å²) in [5.41, 5.74) is 0.411. The lowest BCUT2D eigenvalue weighted by Crippen LogP contribution is -2.30. The molecule has 19 heavy (non-hydrogen) atoms. The molecule has 0 radical (unpaired) electrons. The third-order valence-electron chi connectivity index (χ3n) is 2.59. The molecule has 1 rings (SSSR count). The van der Waals surface area contributed by atoms with Gasteiger partial charge >= 0.3 is 5.97 Å². The first-order chi connectivity index (χ1) is 8.99. The Hall–Kier alpha value is -1.14. The Kier molecular flexibility index (Phi) is 6.24. The van der Waals surface area contributed by atoms with E-state index < -0.39 is 0 Å². The molecule has 5 nitrogen and oxygen atoms in total. The molecule has 0 aliphatic carbocycles. The molecule has 0 N–H and O–H groups in total. The molecule has 1 heterocycles. The second-order valence-electron chi connectivity index (χ2n) is 4.73. The molecule has 0 saturated carbocycles. The van der Waals surface area contributed by atoms with E-state index in [9.17, 15) is 4.79 Å². The summed E-state index contributed by atoms with van der Waals surface area (Å²) < 4.78 is 9.86. The lowest BCUT2D eigenvalue weighted by molar-refractivity contribution is 0.0594. The molecule has 0 atom stereocenters. The van der Waals surface area contributed by atoms with Crippen molar-refractivity contribution in [2.24, 2.45) is 5.92 Å². The minimum atomic E-state index is -0.378. The van der Waals surface area contributed by atoms with Gasteiger partial charge in [-0.3, -0.25) is 0 Å². The van der Waals surface area contributed by atoms with Crippen molar-refractivity contribution in [3.8, 4) is 0 Å². The first-order valence-electron chi connectivity index (χ1n) is 6.29. The highest BCUT2D eigenvalue weighted by Crippen LogP contribution is 2.26. The molecule has 0 fully saturated rings. The number of rotatable bonds is 7. The SMILES string of the molecule is COCCN(CC(C)C)c1nc(C(=O)OC)c(C)s1. The average Bonchev–Trinajstić information content (AvgIpc) is 2.75. The number of hydrogen-bond donors (Lipinski definition) is 0. The Morgan fingerprint density at radius 3 is 2.63 bits per heavy atom. The van der Waals surface area contributed by atoms with Gasteiger partial charge in [-0.05, 0) is 12.8 Å².